The van der Waals surface area contributed by atoms with Crippen molar-refractivity contribution in [3.05, 3.63) is 51.7 Å². The molecular formula is C20H23N3O3S3. The molecule has 9 heteroatoms. The van der Waals surface area contributed by atoms with Gasteiger partial charge >= 0.3 is 0 Å². The van der Waals surface area contributed by atoms with E-state index < -0.39 is 10.0 Å². The van der Waals surface area contributed by atoms with Crippen LogP contribution in [0, 0.1) is 6.92 Å². The van der Waals surface area contributed by atoms with Crippen LogP contribution in [-0.2, 0) is 16.6 Å². The number of hydrogen-bond acceptors (Lipinski definition) is 7. The monoisotopic (exact) mass is 449 g/mol. The topological polar surface area (TPSA) is 62.7 Å². The summed E-state index contributed by atoms with van der Waals surface area (Å²) in [5.41, 5.74) is 1.92. The molecule has 0 spiro atoms. The number of sulfonamides is 1. The molecule has 4 rings (SSSR count). The number of benzene rings is 1. The molecule has 6 nitrogen and oxygen atoms in total. The molecular weight excluding hydrogens is 426 g/mol. The Morgan fingerprint density at radius 2 is 1.93 bits per heavy atom. The number of thiophene rings is 1. The summed E-state index contributed by atoms with van der Waals surface area (Å²) in [6, 6.07) is 9.36. The van der Waals surface area contributed by atoms with Gasteiger partial charge in [-0.15, -0.1) is 22.7 Å². The smallest absolute Gasteiger partial charge is 0.246 e. The standard InChI is InChI=1S/C20H23N3O3S3/c1-15-5-6-17(26-2)19(12-15)29(24,25)23-9-7-22(8-10-23)13-20-21-16(14-28-20)18-4-3-11-27-18/h3-6,11-12,14H,7-10,13H2,1-2H3. The summed E-state index contributed by atoms with van der Waals surface area (Å²) in [5.74, 6) is 0.391. The molecule has 0 unspecified atom stereocenters. The highest BCUT2D eigenvalue weighted by molar-refractivity contribution is 7.89. The molecule has 1 aliphatic rings. The molecule has 0 atom stereocenters. The number of thiazole rings is 1. The van der Waals surface area contributed by atoms with Crippen molar-refractivity contribution in [2.75, 3.05) is 33.3 Å². The van der Waals surface area contributed by atoms with Crippen LogP contribution in [0.4, 0.5) is 0 Å². The third-order valence-corrected chi connectivity index (χ3v) is 8.60. The number of rotatable bonds is 6. The molecule has 1 saturated heterocycles. The second kappa shape index (κ2) is 8.53. The van der Waals surface area contributed by atoms with E-state index in [4.69, 9.17) is 9.72 Å². The van der Waals surface area contributed by atoms with E-state index in [1.807, 2.05) is 19.1 Å². The first-order chi connectivity index (χ1) is 14.0. The Balaban J connectivity index is 1.41. The highest BCUT2D eigenvalue weighted by Crippen LogP contribution is 2.29. The van der Waals surface area contributed by atoms with Crippen LogP contribution in [-0.4, -0.2) is 55.9 Å². The molecule has 0 bridgehead atoms. The number of methoxy groups -OCH3 is 1. The van der Waals surface area contributed by atoms with Gasteiger partial charge in [-0.05, 0) is 36.1 Å². The van der Waals surface area contributed by atoms with Gasteiger partial charge in [-0.2, -0.15) is 4.31 Å². The molecule has 2 aromatic heterocycles. The molecule has 0 aliphatic carbocycles. The van der Waals surface area contributed by atoms with Crippen LogP contribution in [0.15, 0.2) is 46.0 Å². The second-order valence-electron chi connectivity index (χ2n) is 6.94. The Labute approximate surface area is 179 Å². The van der Waals surface area contributed by atoms with Gasteiger partial charge in [0.1, 0.15) is 15.7 Å². The fraction of sp³-hybridized carbons (Fsp3) is 0.350. The average molecular weight is 450 g/mol. The lowest BCUT2D eigenvalue weighted by Gasteiger charge is -2.33. The van der Waals surface area contributed by atoms with E-state index in [9.17, 15) is 8.42 Å². The van der Waals surface area contributed by atoms with Gasteiger partial charge in [-0.3, -0.25) is 4.90 Å². The number of aryl methyl sites for hydroxylation is 1. The first kappa shape index (κ1) is 20.5. The summed E-state index contributed by atoms with van der Waals surface area (Å²) in [5, 5.41) is 5.20. The molecule has 1 fully saturated rings. The van der Waals surface area contributed by atoms with Crippen LogP contribution >= 0.6 is 22.7 Å². The molecule has 3 heterocycles. The number of piperazine rings is 1. The molecule has 0 amide bonds. The molecule has 0 N–H and O–H groups in total. The summed E-state index contributed by atoms with van der Waals surface area (Å²) in [6.45, 7) is 4.92. The summed E-state index contributed by atoms with van der Waals surface area (Å²) >= 11 is 3.34. The first-order valence-corrected chi connectivity index (χ1v) is 12.5. The molecule has 1 aliphatic heterocycles. The van der Waals surface area contributed by atoms with Crippen molar-refractivity contribution >= 4 is 32.7 Å². The fourth-order valence-corrected chi connectivity index (χ4v) is 6.62. The maximum Gasteiger partial charge on any atom is 0.246 e. The molecule has 29 heavy (non-hydrogen) atoms. The van der Waals surface area contributed by atoms with Crippen molar-refractivity contribution in [3.63, 3.8) is 0 Å². The van der Waals surface area contributed by atoms with Gasteiger partial charge in [0.2, 0.25) is 10.0 Å². The van der Waals surface area contributed by atoms with E-state index in [0.717, 1.165) is 22.8 Å². The summed E-state index contributed by atoms with van der Waals surface area (Å²) in [6.07, 6.45) is 0. The molecule has 154 valence electrons. The lowest BCUT2D eigenvalue weighted by molar-refractivity contribution is 0.181. The third kappa shape index (κ3) is 4.39. The lowest BCUT2D eigenvalue weighted by Crippen LogP contribution is -2.48. The summed E-state index contributed by atoms with van der Waals surface area (Å²) in [4.78, 5) is 8.41. The zero-order valence-corrected chi connectivity index (χ0v) is 18.8. The zero-order chi connectivity index (χ0) is 20.4. The minimum Gasteiger partial charge on any atom is -0.495 e. The number of ether oxygens (including phenoxy) is 1. The van der Waals surface area contributed by atoms with Crippen molar-refractivity contribution in [1.82, 2.24) is 14.2 Å². The van der Waals surface area contributed by atoms with Crippen molar-refractivity contribution in [1.29, 1.82) is 0 Å². The number of hydrogen-bond donors (Lipinski definition) is 0. The molecule has 3 aromatic rings. The van der Waals surface area contributed by atoms with E-state index in [-0.39, 0.29) is 4.90 Å². The van der Waals surface area contributed by atoms with Gasteiger partial charge in [0, 0.05) is 31.6 Å². The van der Waals surface area contributed by atoms with Gasteiger partial charge in [0.25, 0.3) is 0 Å². The lowest BCUT2D eigenvalue weighted by atomic mass is 10.2. The minimum atomic E-state index is -3.58. The first-order valence-electron chi connectivity index (χ1n) is 9.33. The van der Waals surface area contributed by atoms with Crippen LogP contribution < -0.4 is 4.74 Å². The van der Waals surface area contributed by atoms with Gasteiger partial charge in [-0.25, -0.2) is 13.4 Å². The van der Waals surface area contributed by atoms with Gasteiger partial charge in [0.15, 0.2) is 0 Å². The zero-order valence-electron chi connectivity index (χ0n) is 16.4. The van der Waals surface area contributed by atoms with Crippen LogP contribution in [0.1, 0.15) is 10.6 Å². The Bertz CT molecular complexity index is 1070. The number of aromatic nitrogens is 1. The van der Waals surface area contributed by atoms with Crippen LogP contribution in [0.2, 0.25) is 0 Å². The Morgan fingerprint density at radius 3 is 2.62 bits per heavy atom. The van der Waals surface area contributed by atoms with E-state index in [2.05, 4.69) is 21.7 Å². The quantitative estimate of drug-likeness (QED) is 0.574. The SMILES string of the molecule is COc1ccc(C)cc1S(=O)(=O)N1CCN(Cc2nc(-c3cccs3)cs2)CC1. The van der Waals surface area contributed by atoms with E-state index in [1.165, 1.54) is 12.0 Å². The van der Waals surface area contributed by atoms with Crippen molar-refractivity contribution in [2.45, 2.75) is 18.4 Å². The van der Waals surface area contributed by atoms with Crippen molar-refractivity contribution < 1.29 is 13.2 Å². The molecule has 0 radical (unpaired) electrons. The highest BCUT2D eigenvalue weighted by atomic mass is 32.2. The second-order valence-corrected chi connectivity index (χ2v) is 10.7. The Kier molecular flexibility index (Phi) is 6.03. The Morgan fingerprint density at radius 1 is 1.14 bits per heavy atom. The third-order valence-electron chi connectivity index (χ3n) is 4.95. The highest BCUT2D eigenvalue weighted by Gasteiger charge is 2.31. The predicted molar refractivity (Wildman–Crippen MR) is 117 cm³/mol. The van der Waals surface area contributed by atoms with Gasteiger partial charge in [0.05, 0.1) is 24.2 Å². The average Bonchev–Trinajstić information content (AvgIpc) is 3.40. The van der Waals surface area contributed by atoms with E-state index in [0.29, 0.717) is 31.9 Å². The maximum absolute atomic E-state index is 13.1. The molecule has 0 saturated carbocycles. The van der Waals surface area contributed by atoms with Crippen molar-refractivity contribution in [3.8, 4) is 16.3 Å². The molecule has 1 aromatic carbocycles. The minimum absolute atomic E-state index is 0.244. The van der Waals surface area contributed by atoms with E-state index in [1.54, 1.807) is 39.1 Å². The van der Waals surface area contributed by atoms with Gasteiger partial charge < -0.3 is 4.74 Å². The number of nitrogens with zero attached hydrogens (tertiary/aromatic N) is 3. The van der Waals surface area contributed by atoms with Gasteiger partial charge in [-0.1, -0.05) is 12.1 Å². The van der Waals surface area contributed by atoms with Crippen LogP contribution in [0.3, 0.4) is 0 Å². The largest absolute Gasteiger partial charge is 0.495 e. The summed E-state index contributed by atoms with van der Waals surface area (Å²) in [7, 11) is -2.08. The van der Waals surface area contributed by atoms with E-state index >= 15 is 0 Å². The fourth-order valence-electron chi connectivity index (χ4n) is 3.36. The maximum atomic E-state index is 13.1. The van der Waals surface area contributed by atoms with Crippen molar-refractivity contribution in [2.24, 2.45) is 0 Å². The summed E-state index contributed by atoms with van der Waals surface area (Å²) < 4.78 is 33.1. The normalized spacial score (nSPS) is 16.2. The predicted octanol–water partition coefficient (Wildman–Crippen LogP) is 3.70. The van der Waals surface area contributed by atoms with Crippen LogP contribution in [0.5, 0.6) is 5.75 Å². The Hall–Kier alpha value is -1.78. The van der Waals surface area contributed by atoms with Crippen LogP contribution in [0.25, 0.3) is 10.6 Å².